The third-order valence-electron chi connectivity index (χ3n) is 3.89. The van der Waals surface area contributed by atoms with Gasteiger partial charge in [0, 0.05) is 25.7 Å². The zero-order chi connectivity index (χ0) is 15.2. The van der Waals surface area contributed by atoms with E-state index >= 15 is 0 Å². The van der Waals surface area contributed by atoms with Crippen LogP contribution in [0.2, 0.25) is 0 Å². The van der Waals surface area contributed by atoms with E-state index in [4.69, 9.17) is 15.2 Å². The van der Waals surface area contributed by atoms with Crippen molar-refractivity contribution in [2.45, 2.75) is 25.0 Å². The summed E-state index contributed by atoms with van der Waals surface area (Å²) in [5, 5.41) is 0. The number of nitrogens with zero attached hydrogens (tertiary/aromatic N) is 1. The van der Waals surface area contributed by atoms with Gasteiger partial charge in [0.1, 0.15) is 0 Å². The van der Waals surface area contributed by atoms with Crippen LogP contribution in [-0.4, -0.2) is 56.4 Å². The zero-order valence-corrected chi connectivity index (χ0v) is 12.7. The fourth-order valence-electron chi connectivity index (χ4n) is 2.62. The second-order valence-corrected chi connectivity index (χ2v) is 5.51. The summed E-state index contributed by atoms with van der Waals surface area (Å²) >= 11 is 0. The van der Waals surface area contributed by atoms with Gasteiger partial charge in [-0.25, -0.2) is 0 Å². The van der Waals surface area contributed by atoms with E-state index in [0.717, 1.165) is 18.7 Å². The molecule has 1 fully saturated rings. The molecule has 3 atom stereocenters. The Kier molecular flexibility index (Phi) is 5.73. The molecule has 0 aliphatic carbocycles. The normalized spacial score (nSPS) is 22.5. The standard InChI is InChI=1S/C16H24N2O3/c1-12(17)15-11-18(8-9-21-15)10-14(16(19)20-2)13-6-4-3-5-7-13/h3-7,12,14-15H,8-11,17H2,1-2H3. The molecule has 116 valence electrons. The summed E-state index contributed by atoms with van der Waals surface area (Å²) in [7, 11) is 1.43. The average molecular weight is 292 g/mol. The molecule has 5 heteroatoms. The zero-order valence-electron chi connectivity index (χ0n) is 12.7. The van der Waals surface area contributed by atoms with Gasteiger partial charge in [0.15, 0.2) is 0 Å². The number of morpholine rings is 1. The topological polar surface area (TPSA) is 64.8 Å². The van der Waals surface area contributed by atoms with E-state index in [-0.39, 0.29) is 24.0 Å². The molecule has 0 aromatic heterocycles. The molecule has 0 radical (unpaired) electrons. The predicted molar refractivity (Wildman–Crippen MR) is 81.0 cm³/mol. The van der Waals surface area contributed by atoms with Crippen LogP contribution in [-0.2, 0) is 14.3 Å². The summed E-state index contributed by atoms with van der Waals surface area (Å²) in [5.74, 6) is -0.479. The van der Waals surface area contributed by atoms with Crippen molar-refractivity contribution in [1.29, 1.82) is 0 Å². The van der Waals surface area contributed by atoms with E-state index in [1.54, 1.807) is 0 Å². The van der Waals surface area contributed by atoms with E-state index in [0.29, 0.717) is 13.2 Å². The van der Waals surface area contributed by atoms with Gasteiger partial charge in [0.2, 0.25) is 0 Å². The summed E-state index contributed by atoms with van der Waals surface area (Å²) < 4.78 is 10.6. The van der Waals surface area contributed by atoms with Crippen molar-refractivity contribution in [3.63, 3.8) is 0 Å². The molecular weight excluding hydrogens is 268 g/mol. The molecule has 1 aromatic carbocycles. The molecule has 0 spiro atoms. The Morgan fingerprint density at radius 2 is 2.19 bits per heavy atom. The summed E-state index contributed by atoms with van der Waals surface area (Å²) in [6, 6.07) is 9.74. The van der Waals surface area contributed by atoms with Crippen molar-refractivity contribution >= 4 is 5.97 Å². The molecule has 1 aliphatic heterocycles. The minimum atomic E-state index is -0.275. The van der Waals surface area contributed by atoms with Crippen LogP contribution >= 0.6 is 0 Å². The number of methoxy groups -OCH3 is 1. The maximum Gasteiger partial charge on any atom is 0.314 e. The molecule has 2 N–H and O–H groups in total. The number of ether oxygens (including phenoxy) is 2. The molecule has 21 heavy (non-hydrogen) atoms. The number of hydrogen-bond acceptors (Lipinski definition) is 5. The van der Waals surface area contributed by atoms with E-state index < -0.39 is 0 Å². The predicted octanol–water partition coefficient (Wildman–Crippen LogP) is 0.991. The van der Waals surface area contributed by atoms with Crippen molar-refractivity contribution in [1.82, 2.24) is 4.90 Å². The van der Waals surface area contributed by atoms with Crippen LogP contribution in [0.25, 0.3) is 0 Å². The monoisotopic (exact) mass is 292 g/mol. The third kappa shape index (κ3) is 4.27. The molecule has 1 aromatic rings. The quantitative estimate of drug-likeness (QED) is 0.820. The Morgan fingerprint density at radius 3 is 2.81 bits per heavy atom. The summed E-state index contributed by atoms with van der Waals surface area (Å²) in [6.07, 6.45) is 0.0211. The number of hydrogen-bond donors (Lipinski definition) is 1. The Morgan fingerprint density at radius 1 is 1.48 bits per heavy atom. The number of carbonyl (C=O) groups is 1. The molecule has 1 heterocycles. The van der Waals surface area contributed by atoms with E-state index in [2.05, 4.69) is 4.90 Å². The minimum absolute atomic E-state index is 0.0129. The molecule has 2 rings (SSSR count). The second kappa shape index (κ2) is 7.54. The van der Waals surface area contributed by atoms with Gasteiger partial charge in [-0.15, -0.1) is 0 Å². The fraction of sp³-hybridized carbons (Fsp3) is 0.562. The number of benzene rings is 1. The lowest BCUT2D eigenvalue weighted by atomic mass is 9.98. The van der Waals surface area contributed by atoms with E-state index in [9.17, 15) is 4.79 Å². The van der Waals surface area contributed by atoms with Gasteiger partial charge in [-0.05, 0) is 12.5 Å². The Hall–Kier alpha value is -1.43. The molecule has 5 nitrogen and oxygen atoms in total. The lowest BCUT2D eigenvalue weighted by Gasteiger charge is -2.36. The molecular formula is C16H24N2O3. The summed E-state index contributed by atoms with van der Waals surface area (Å²) in [6.45, 7) is 4.78. The first-order chi connectivity index (χ1) is 10.1. The van der Waals surface area contributed by atoms with Crippen LogP contribution in [0, 0.1) is 0 Å². The van der Waals surface area contributed by atoms with Gasteiger partial charge >= 0.3 is 5.97 Å². The molecule has 1 aliphatic rings. The highest BCUT2D eigenvalue weighted by molar-refractivity contribution is 5.78. The maximum absolute atomic E-state index is 12.1. The van der Waals surface area contributed by atoms with Crippen LogP contribution in [0.5, 0.6) is 0 Å². The van der Waals surface area contributed by atoms with E-state index in [1.807, 2.05) is 37.3 Å². The second-order valence-electron chi connectivity index (χ2n) is 5.51. The van der Waals surface area contributed by atoms with Crippen molar-refractivity contribution in [2.24, 2.45) is 5.73 Å². The molecule has 3 unspecified atom stereocenters. The van der Waals surface area contributed by atoms with Crippen molar-refractivity contribution in [3.8, 4) is 0 Å². The highest BCUT2D eigenvalue weighted by Gasteiger charge is 2.29. The van der Waals surface area contributed by atoms with Gasteiger partial charge in [0.05, 0.1) is 25.7 Å². The van der Waals surface area contributed by atoms with Crippen molar-refractivity contribution < 1.29 is 14.3 Å². The van der Waals surface area contributed by atoms with E-state index in [1.165, 1.54) is 7.11 Å². The first kappa shape index (κ1) is 15.9. The van der Waals surface area contributed by atoms with Crippen LogP contribution in [0.15, 0.2) is 30.3 Å². The Labute approximate surface area is 126 Å². The van der Waals surface area contributed by atoms with Crippen molar-refractivity contribution in [3.05, 3.63) is 35.9 Å². The average Bonchev–Trinajstić information content (AvgIpc) is 2.53. The number of nitrogens with two attached hydrogens (primary N) is 1. The summed E-state index contributed by atoms with van der Waals surface area (Å²) in [4.78, 5) is 14.3. The molecule has 0 saturated carbocycles. The van der Waals surface area contributed by atoms with Crippen molar-refractivity contribution in [2.75, 3.05) is 33.4 Å². The molecule has 0 bridgehead atoms. The SMILES string of the molecule is COC(=O)C(CN1CCOC(C(C)N)C1)c1ccccc1. The number of rotatable bonds is 5. The van der Waals surface area contributed by atoms with Crippen LogP contribution in [0.1, 0.15) is 18.4 Å². The van der Waals surface area contributed by atoms with Gasteiger partial charge in [-0.2, -0.15) is 0 Å². The van der Waals surface area contributed by atoms with Crippen LogP contribution in [0.3, 0.4) is 0 Å². The lowest BCUT2D eigenvalue weighted by Crippen LogP contribution is -2.50. The molecule has 0 amide bonds. The lowest BCUT2D eigenvalue weighted by molar-refractivity contribution is -0.143. The summed E-state index contributed by atoms with van der Waals surface area (Å²) in [5.41, 5.74) is 6.89. The first-order valence-corrected chi connectivity index (χ1v) is 7.34. The highest BCUT2D eigenvalue weighted by Crippen LogP contribution is 2.20. The van der Waals surface area contributed by atoms with Gasteiger partial charge in [-0.3, -0.25) is 9.69 Å². The Bertz CT molecular complexity index is 450. The fourth-order valence-corrected chi connectivity index (χ4v) is 2.62. The van der Waals surface area contributed by atoms with Gasteiger partial charge in [-0.1, -0.05) is 30.3 Å². The van der Waals surface area contributed by atoms with Gasteiger partial charge in [0.25, 0.3) is 0 Å². The Balaban J connectivity index is 2.07. The smallest absolute Gasteiger partial charge is 0.314 e. The van der Waals surface area contributed by atoms with Crippen LogP contribution in [0.4, 0.5) is 0 Å². The maximum atomic E-state index is 12.1. The number of carbonyl (C=O) groups excluding carboxylic acids is 1. The minimum Gasteiger partial charge on any atom is -0.469 e. The number of esters is 1. The third-order valence-corrected chi connectivity index (χ3v) is 3.89. The highest BCUT2D eigenvalue weighted by atomic mass is 16.5. The first-order valence-electron chi connectivity index (χ1n) is 7.34. The van der Waals surface area contributed by atoms with Crippen LogP contribution < -0.4 is 5.73 Å². The van der Waals surface area contributed by atoms with Gasteiger partial charge < -0.3 is 15.2 Å². The largest absolute Gasteiger partial charge is 0.469 e. The molecule has 1 saturated heterocycles.